The molecule has 1 saturated carbocycles. The Labute approximate surface area is 96.5 Å². The number of aromatic nitrogens is 1. The van der Waals surface area contributed by atoms with E-state index >= 15 is 0 Å². The summed E-state index contributed by atoms with van der Waals surface area (Å²) in [5.74, 6) is 0.667. The highest BCUT2D eigenvalue weighted by Gasteiger charge is 2.19. The van der Waals surface area contributed by atoms with Gasteiger partial charge in [-0.15, -0.1) is 0 Å². The van der Waals surface area contributed by atoms with Gasteiger partial charge in [0.05, 0.1) is 5.60 Å². The second kappa shape index (κ2) is 4.42. The topological polar surface area (TPSA) is 42.4 Å². The molecule has 1 N–H and O–H groups in total. The third kappa shape index (κ3) is 2.73. The Morgan fingerprint density at radius 2 is 2.00 bits per heavy atom. The van der Waals surface area contributed by atoms with Gasteiger partial charge in [-0.1, -0.05) is 0 Å². The van der Waals surface area contributed by atoms with Gasteiger partial charge in [-0.3, -0.25) is 0 Å². The molecule has 1 aromatic heterocycles. The summed E-state index contributed by atoms with van der Waals surface area (Å²) in [6.07, 6.45) is 6.80. The van der Waals surface area contributed by atoms with E-state index in [1.807, 2.05) is 12.1 Å². The van der Waals surface area contributed by atoms with Gasteiger partial charge < -0.3 is 9.84 Å². The minimum absolute atomic E-state index is 0.334. The number of ether oxygens (including phenoxy) is 1. The van der Waals surface area contributed by atoms with Crippen LogP contribution >= 0.6 is 0 Å². The summed E-state index contributed by atoms with van der Waals surface area (Å²) in [5.41, 5.74) is -0.0231. The van der Waals surface area contributed by atoms with E-state index in [4.69, 9.17) is 4.74 Å². The van der Waals surface area contributed by atoms with Crippen molar-refractivity contribution in [2.45, 2.75) is 51.2 Å². The normalized spacial score (nSPS) is 17.7. The quantitative estimate of drug-likeness (QED) is 0.853. The van der Waals surface area contributed by atoms with E-state index in [9.17, 15) is 5.11 Å². The number of nitrogens with zero attached hydrogens (tertiary/aromatic N) is 1. The molecule has 0 aliphatic heterocycles. The van der Waals surface area contributed by atoms with Gasteiger partial charge in [-0.2, -0.15) is 0 Å². The van der Waals surface area contributed by atoms with E-state index in [1.54, 1.807) is 20.0 Å². The van der Waals surface area contributed by atoms with Gasteiger partial charge in [-0.05, 0) is 45.6 Å². The molecule has 1 aliphatic carbocycles. The zero-order chi connectivity index (χ0) is 11.6. The molecule has 0 spiro atoms. The van der Waals surface area contributed by atoms with Crippen LogP contribution in [0.3, 0.4) is 0 Å². The molecule has 0 bridgehead atoms. The van der Waals surface area contributed by atoms with Crippen molar-refractivity contribution in [1.29, 1.82) is 0 Å². The molecule has 88 valence electrons. The summed E-state index contributed by atoms with van der Waals surface area (Å²) in [6, 6.07) is 3.71. The van der Waals surface area contributed by atoms with Crippen molar-refractivity contribution in [3.05, 3.63) is 23.9 Å². The lowest BCUT2D eigenvalue weighted by Crippen LogP contribution is -2.16. The smallest absolute Gasteiger partial charge is 0.213 e. The molecule has 3 heteroatoms. The number of rotatable bonds is 3. The van der Waals surface area contributed by atoms with Crippen molar-refractivity contribution in [3.8, 4) is 5.88 Å². The van der Waals surface area contributed by atoms with Crippen LogP contribution < -0.4 is 4.74 Å². The highest BCUT2D eigenvalue weighted by Crippen LogP contribution is 2.24. The van der Waals surface area contributed by atoms with Crippen LogP contribution in [0, 0.1) is 0 Å². The summed E-state index contributed by atoms with van der Waals surface area (Å²) in [4.78, 5) is 4.23. The summed E-state index contributed by atoms with van der Waals surface area (Å²) in [6.45, 7) is 3.50. The molecule has 1 heterocycles. The summed E-state index contributed by atoms with van der Waals surface area (Å²) < 4.78 is 5.75. The average Bonchev–Trinajstić information content (AvgIpc) is 2.70. The van der Waals surface area contributed by atoms with Crippen molar-refractivity contribution in [1.82, 2.24) is 4.98 Å². The van der Waals surface area contributed by atoms with Crippen molar-refractivity contribution in [2.24, 2.45) is 0 Å². The molecule has 16 heavy (non-hydrogen) atoms. The predicted octanol–water partition coefficient (Wildman–Crippen LogP) is 2.63. The summed E-state index contributed by atoms with van der Waals surface area (Å²) in [5, 5.41) is 9.78. The zero-order valence-electron chi connectivity index (χ0n) is 9.94. The number of hydrogen-bond acceptors (Lipinski definition) is 3. The third-order valence-corrected chi connectivity index (χ3v) is 3.03. The van der Waals surface area contributed by atoms with Gasteiger partial charge in [0.25, 0.3) is 0 Å². The lowest BCUT2D eigenvalue weighted by atomic mass is 10.0. The first-order chi connectivity index (χ1) is 7.55. The first kappa shape index (κ1) is 11.4. The van der Waals surface area contributed by atoms with Gasteiger partial charge in [0.1, 0.15) is 6.10 Å². The van der Waals surface area contributed by atoms with Crippen molar-refractivity contribution < 1.29 is 9.84 Å². The van der Waals surface area contributed by atoms with Crippen LogP contribution in [0.25, 0.3) is 0 Å². The first-order valence-corrected chi connectivity index (χ1v) is 5.91. The fraction of sp³-hybridized carbons (Fsp3) is 0.615. The van der Waals surface area contributed by atoms with Crippen LogP contribution in [0.1, 0.15) is 45.1 Å². The van der Waals surface area contributed by atoms with E-state index in [-0.39, 0.29) is 0 Å². The van der Waals surface area contributed by atoms with Gasteiger partial charge >= 0.3 is 0 Å². The summed E-state index contributed by atoms with van der Waals surface area (Å²) in [7, 11) is 0. The minimum atomic E-state index is -0.834. The maximum absolute atomic E-state index is 9.78. The molecular formula is C13H19NO2. The summed E-state index contributed by atoms with van der Waals surface area (Å²) >= 11 is 0. The monoisotopic (exact) mass is 221 g/mol. The molecule has 0 saturated heterocycles. The van der Waals surface area contributed by atoms with Gasteiger partial charge in [0, 0.05) is 17.8 Å². The molecule has 1 aromatic rings. The molecule has 0 radical (unpaired) electrons. The van der Waals surface area contributed by atoms with Gasteiger partial charge in [-0.25, -0.2) is 4.98 Å². The lowest BCUT2D eigenvalue weighted by Gasteiger charge is -2.18. The van der Waals surface area contributed by atoms with E-state index in [0.29, 0.717) is 12.0 Å². The molecular weight excluding hydrogens is 202 g/mol. The number of hydrogen-bond donors (Lipinski definition) is 1. The van der Waals surface area contributed by atoms with Crippen LogP contribution in [-0.4, -0.2) is 16.2 Å². The zero-order valence-corrected chi connectivity index (χ0v) is 9.94. The molecule has 0 unspecified atom stereocenters. The second-order valence-corrected chi connectivity index (χ2v) is 4.97. The van der Waals surface area contributed by atoms with Gasteiger partial charge in [0.2, 0.25) is 5.88 Å². The second-order valence-electron chi connectivity index (χ2n) is 4.97. The van der Waals surface area contributed by atoms with E-state index < -0.39 is 5.60 Å². The highest BCUT2D eigenvalue weighted by molar-refractivity contribution is 5.22. The lowest BCUT2D eigenvalue weighted by molar-refractivity contribution is 0.0780. The first-order valence-electron chi connectivity index (χ1n) is 5.91. The Kier molecular flexibility index (Phi) is 3.15. The molecule has 0 atom stereocenters. The van der Waals surface area contributed by atoms with E-state index in [1.165, 1.54) is 12.8 Å². The molecule has 3 nitrogen and oxygen atoms in total. The fourth-order valence-electron chi connectivity index (χ4n) is 1.99. The minimum Gasteiger partial charge on any atom is -0.474 e. The molecule has 1 aliphatic rings. The average molecular weight is 221 g/mol. The highest BCUT2D eigenvalue weighted by atomic mass is 16.5. The number of pyridine rings is 1. The van der Waals surface area contributed by atoms with Crippen molar-refractivity contribution >= 4 is 0 Å². The van der Waals surface area contributed by atoms with E-state index in [0.717, 1.165) is 18.4 Å². The van der Waals surface area contributed by atoms with Gasteiger partial charge in [0.15, 0.2) is 0 Å². The maximum Gasteiger partial charge on any atom is 0.213 e. The Bertz CT molecular complexity index is 334. The van der Waals surface area contributed by atoms with Crippen LogP contribution in [-0.2, 0) is 5.60 Å². The van der Waals surface area contributed by atoms with Crippen LogP contribution in [0.2, 0.25) is 0 Å². The Morgan fingerprint density at radius 3 is 2.50 bits per heavy atom. The molecule has 2 rings (SSSR count). The van der Waals surface area contributed by atoms with Crippen molar-refractivity contribution in [3.63, 3.8) is 0 Å². The van der Waals surface area contributed by atoms with Crippen LogP contribution in [0.15, 0.2) is 18.3 Å². The van der Waals surface area contributed by atoms with Crippen LogP contribution in [0.4, 0.5) is 0 Å². The Hall–Kier alpha value is -1.09. The maximum atomic E-state index is 9.78. The standard InChI is InChI=1S/C13H19NO2/c1-13(2,15)10-7-8-12(14-9-10)16-11-5-3-4-6-11/h7-9,11,15H,3-6H2,1-2H3. The number of aliphatic hydroxyl groups is 1. The molecule has 0 aromatic carbocycles. The Morgan fingerprint density at radius 1 is 1.31 bits per heavy atom. The fourth-order valence-corrected chi connectivity index (χ4v) is 1.99. The van der Waals surface area contributed by atoms with Crippen molar-refractivity contribution in [2.75, 3.05) is 0 Å². The third-order valence-electron chi connectivity index (χ3n) is 3.03. The SMILES string of the molecule is CC(C)(O)c1ccc(OC2CCCC2)nc1. The Balaban J connectivity index is 2.01. The molecule has 0 amide bonds. The largest absolute Gasteiger partial charge is 0.474 e. The molecule has 1 fully saturated rings. The predicted molar refractivity (Wildman–Crippen MR) is 62.4 cm³/mol. The van der Waals surface area contributed by atoms with E-state index in [2.05, 4.69) is 4.98 Å². The van der Waals surface area contributed by atoms with Crippen LogP contribution in [0.5, 0.6) is 5.88 Å².